The van der Waals surface area contributed by atoms with Crippen molar-refractivity contribution in [2.45, 2.75) is 33.9 Å². The number of nitro groups is 2. The zero-order valence-corrected chi connectivity index (χ0v) is 22.1. The molecule has 1 N–H and O–H groups in total. The first-order valence-corrected chi connectivity index (χ1v) is 13.3. The Morgan fingerprint density at radius 2 is 1.81 bits per heavy atom. The van der Waals surface area contributed by atoms with Gasteiger partial charge in [0.2, 0.25) is 0 Å². The molecule has 1 aliphatic heterocycles. The van der Waals surface area contributed by atoms with Gasteiger partial charge in [0.15, 0.2) is 0 Å². The number of ether oxygens (including phenoxy) is 1. The van der Waals surface area contributed by atoms with Gasteiger partial charge in [-0.3, -0.25) is 20.2 Å². The maximum Gasteiger partial charge on any atom is 0.282 e. The molecular weight excluding hydrogens is 570 g/mol. The summed E-state index contributed by atoms with van der Waals surface area (Å²) in [6, 6.07) is 17.5. The van der Waals surface area contributed by atoms with Gasteiger partial charge in [-0.15, -0.1) is 23.4 Å². The second-order valence-electron chi connectivity index (χ2n) is 8.79. The minimum atomic E-state index is -0.434. The van der Waals surface area contributed by atoms with E-state index in [1.165, 1.54) is 31.0 Å². The summed E-state index contributed by atoms with van der Waals surface area (Å²) in [4.78, 5) is 23.0. The van der Waals surface area contributed by atoms with Gasteiger partial charge < -0.3 is 10.1 Å². The second kappa shape index (κ2) is 9.91. The highest BCUT2D eigenvalue weighted by Gasteiger charge is 2.51. The molecule has 0 aromatic heterocycles. The fourth-order valence-electron chi connectivity index (χ4n) is 5.31. The maximum atomic E-state index is 11.7. The molecule has 0 spiro atoms. The number of nitrogens with zero attached hydrogens (tertiary/aromatic N) is 2. The topological polar surface area (TPSA) is 108 Å². The van der Waals surface area contributed by atoms with Crippen molar-refractivity contribution in [2.24, 2.45) is 5.92 Å². The summed E-state index contributed by atoms with van der Waals surface area (Å²) in [6.45, 7) is 0. The van der Waals surface area contributed by atoms with E-state index < -0.39 is 10.3 Å². The lowest BCUT2D eigenvalue weighted by Gasteiger charge is -2.38. The standard InChI is InChI=1S/C25H21BrClN3O5S/c1-35-19-11-15(29(31)32)10-16-22-17(24(28-25(16)19)13-6-8-14(26)9-7-13)12-21(23(22)27)36-20-5-3-2-4-18(20)30(33)34/h2-11,17,21-24,28H,12H2,1H3/t17-,21+,22-,23-,24-/m1/s1. The van der Waals surface area contributed by atoms with E-state index in [0.29, 0.717) is 22.8 Å². The van der Waals surface area contributed by atoms with Crippen molar-refractivity contribution in [3.8, 4) is 5.75 Å². The lowest BCUT2D eigenvalue weighted by atomic mass is 9.77. The molecule has 1 aliphatic carbocycles. The number of hydrogen-bond donors (Lipinski definition) is 1. The number of fused-ring (bicyclic) bond motifs is 3. The molecule has 3 aromatic rings. The monoisotopic (exact) mass is 589 g/mol. The van der Waals surface area contributed by atoms with Crippen LogP contribution < -0.4 is 10.1 Å². The van der Waals surface area contributed by atoms with Gasteiger partial charge >= 0.3 is 0 Å². The highest BCUT2D eigenvalue weighted by atomic mass is 79.9. The molecule has 1 saturated carbocycles. The van der Waals surface area contributed by atoms with E-state index in [0.717, 1.165) is 15.6 Å². The number of methoxy groups -OCH3 is 1. The highest BCUT2D eigenvalue weighted by molar-refractivity contribution is 9.10. The Morgan fingerprint density at radius 1 is 1.08 bits per heavy atom. The van der Waals surface area contributed by atoms with Crippen LogP contribution in [0.2, 0.25) is 0 Å². The molecule has 0 amide bonds. The Hall–Kier alpha value is -2.82. The number of alkyl halides is 1. The Balaban J connectivity index is 1.60. The van der Waals surface area contributed by atoms with Crippen LogP contribution in [0.5, 0.6) is 5.75 Å². The van der Waals surface area contributed by atoms with Gasteiger partial charge in [-0.2, -0.15) is 0 Å². The predicted octanol–water partition coefficient (Wildman–Crippen LogP) is 7.31. The smallest absolute Gasteiger partial charge is 0.282 e. The van der Waals surface area contributed by atoms with Gasteiger partial charge in [0.1, 0.15) is 5.75 Å². The summed E-state index contributed by atoms with van der Waals surface area (Å²) in [5, 5.41) is 26.3. The Bertz CT molecular complexity index is 1340. The normalized spacial score (nSPS) is 24.4. The van der Waals surface area contributed by atoms with Crippen molar-refractivity contribution in [1.29, 1.82) is 0 Å². The lowest BCUT2D eigenvalue weighted by Crippen LogP contribution is -2.31. The zero-order chi connectivity index (χ0) is 25.6. The van der Waals surface area contributed by atoms with Gasteiger partial charge in [0.25, 0.3) is 11.4 Å². The number of hydrogen-bond acceptors (Lipinski definition) is 7. The van der Waals surface area contributed by atoms with Crippen LogP contribution in [-0.2, 0) is 0 Å². The number of nitro benzene ring substituents is 2. The van der Waals surface area contributed by atoms with Crippen molar-refractivity contribution in [3.63, 3.8) is 0 Å². The molecule has 1 fully saturated rings. The second-order valence-corrected chi connectivity index (χ2v) is 11.5. The molecule has 5 rings (SSSR count). The van der Waals surface area contributed by atoms with Crippen molar-refractivity contribution in [1.82, 2.24) is 0 Å². The third-order valence-corrected chi connectivity index (χ3v) is 9.51. The molecule has 0 unspecified atom stereocenters. The first-order chi connectivity index (χ1) is 17.3. The summed E-state index contributed by atoms with van der Waals surface area (Å²) < 4.78 is 6.51. The number of anilines is 1. The number of thioether (sulfide) groups is 1. The molecule has 0 bridgehead atoms. The summed E-state index contributed by atoms with van der Waals surface area (Å²) in [6.07, 6.45) is 0.674. The largest absolute Gasteiger partial charge is 0.494 e. The summed E-state index contributed by atoms with van der Waals surface area (Å²) >= 11 is 12.0. The van der Waals surface area contributed by atoms with Crippen LogP contribution >= 0.6 is 39.3 Å². The molecule has 1 heterocycles. The van der Waals surface area contributed by atoms with Gasteiger partial charge in [-0.25, -0.2) is 0 Å². The molecule has 36 heavy (non-hydrogen) atoms. The van der Waals surface area contributed by atoms with Crippen molar-refractivity contribution in [2.75, 3.05) is 12.4 Å². The summed E-state index contributed by atoms with van der Waals surface area (Å²) in [5.74, 6) is 0.178. The lowest BCUT2D eigenvalue weighted by molar-refractivity contribution is -0.387. The molecular formula is C25H21BrClN3O5S. The van der Waals surface area contributed by atoms with Crippen LogP contribution in [0.1, 0.15) is 29.5 Å². The third kappa shape index (κ3) is 4.42. The van der Waals surface area contributed by atoms with Crippen molar-refractivity contribution < 1.29 is 14.6 Å². The van der Waals surface area contributed by atoms with Gasteiger partial charge in [-0.05, 0) is 41.7 Å². The molecule has 2 aliphatic rings. The summed E-state index contributed by atoms with van der Waals surface area (Å²) in [7, 11) is 1.49. The van der Waals surface area contributed by atoms with Crippen LogP contribution in [0, 0.1) is 26.1 Å². The van der Waals surface area contributed by atoms with Crippen LogP contribution in [0.3, 0.4) is 0 Å². The molecule has 11 heteroatoms. The van der Waals surface area contributed by atoms with E-state index in [1.807, 2.05) is 24.3 Å². The third-order valence-electron chi connectivity index (χ3n) is 6.87. The average Bonchev–Trinajstić information content (AvgIpc) is 3.19. The van der Waals surface area contributed by atoms with E-state index in [9.17, 15) is 20.2 Å². The van der Waals surface area contributed by atoms with Crippen LogP contribution in [0.15, 0.2) is 70.0 Å². The number of para-hydroxylation sites is 1. The summed E-state index contributed by atoms with van der Waals surface area (Å²) in [5.41, 5.74) is 2.47. The molecule has 8 nitrogen and oxygen atoms in total. The quantitative estimate of drug-likeness (QED) is 0.182. The van der Waals surface area contributed by atoms with E-state index in [4.69, 9.17) is 16.3 Å². The number of benzene rings is 3. The molecule has 5 atom stereocenters. The van der Waals surface area contributed by atoms with Crippen molar-refractivity contribution >= 4 is 56.4 Å². The average molecular weight is 591 g/mol. The molecule has 0 saturated heterocycles. The predicted molar refractivity (Wildman–Crippen MR) is 143 cm³/mol. The number of halogens is 2. The van der Waals surface area contributed by atoms with E-state index in [-0.39, 0.29) is 39.4 Å². The zero-order valence-electron chi connectivity index (χ0n) is 19.0. The molecule has 3 aromatic carbocycles. The first kappa shape index (κ1) is 24.9. The Labute approximate surface area is 224 Å². The Morgan fingerprint density at radius 3 is 2.47 bits per heavy atom. The van der Waals surface area contributed by atoms with Gasteiger partial charge in [-0.1, -0.05) is 40.2 Å². The maximum absolute atomic E-state index is 11.7. The van der Waals surface area contributed by atoms with E-state index >= 15 is 0 Å². The minimum Gasteiger partial charge on any atom is -0.494 e. The van der Waals surface area contributed by atoms with Gasteiger partial charge in [0.05, 0.1) is 45.0 Å². The van der Waals surface area contributed by atoms with Crippen molar-refractivity contribution in [3.05, 3.63) is 96.5 Å². The SMILES string of the molecule is COc1cc([N+](=O)[O-])cc2c1N[C@H](c1ccc(Br)cc1)[C@@H]1C[C@H](Sc3ccccc3[N+](=O)[O-])[C@@H](Cl)[C@H]21. The fraction of sp³-hybridized carbons (Fsp3) is 0.280. The number of nitrogens with one attached hydrogen (secondary N) is 1. The first-order valence-electron chi connectivity index (χ1n) is 11.2. The molecule has 186 valence electrons. The van der Waals surface area contributed by atoms with E-state index in [2.05, 4.69) is 21.2 Å². The van der Waals surface area contributed by atoms with Crippen LogP contribution in [0.25, 0.3) is 0 Å². The number of rotatable bonds is 6. The molecule has 0 radical (unpaired) electrons. The fourth-order valence-corrected chi connectivity index (χ4v) is 7.52. The van der Waals surface area contributed by atoms with Crippen LogP contribution in [0.4, 0.5) is 17.1 Å². The van der Waals surface area contributed by atoms with E-state index in [1.54, 1.807) is 24.3 Å². The number of non-ortho nitro benzene ring substituents is 1. The minimum absolute atomic E-state index is 0.00755. The highest BCUT2D eigenvalue weighted by Crippen LogP contribution is 2.60. The Kier molecular flexibility index (Phi) is 6.84. The van der Waals surface area contributed by atoms with Crippen LogP contribution in [-0.4, -0.2) is 27.6 Å². The van der Waals surface area contributed by atoms with Gasteiger partial charge in [0, 0.05) is 27.8 Å².